The van der Waals surface area contributed by atoms with Crippen molar-refractivity contribution >= 4 is 43.5 Å². The Kier molecular flexibility index (Phi) is 5.03. The van der Waals surface area contributed by atoms with Crippen LogP contribution in [0.2, 0.25) is 0 Å². The van der Waals surface area contributed by atoms with Crippen molar-refractivity contribution in [3.05, 3.63) is 27.1 Å². The largest absolute Gasteiger partial charge is 0.324 e. The molecule has 2 rings (SSSR count). The lowest BCUT2D eigenvalue weighted by atomic mass is 10.3. The Hall–Kier alpha value is -0.590. The number of halogens is 2. The molecule has 4 N–H and O–H groups in total. The molecule has 1 aliphatic carbocycles. The van der Waals surface area contributed by atoms with E-state index in [9.17, 15) is 0 Å². The van der Waals surface area contributed by atoms with Crippen LogP contribution in [0.5, 0.6) is 0 Å². The van der Waals surface area contributed by atoms with E-state index in [1.807, 2.05) is 18.2 Å². The molecule has 0 amide bonds. The highest BCUT2D eigenvalue weighted by atomic mass is 79.9. The van der Waals surface area contributed by atoms with E-state index < -0.39 is 0 Å². The van der Waals surface area contributed by atoms with Crippen molar-refractivity contribution in [3.63, 3.8) is 0 Å². The molecule has 1 aromatic rings. The summed E-state index contributed by atoms with van der Waals surface area (Å²) in [5, 5.41) is 3.20. The molecular weight excluding hydrogens is 360 g/mol. The Bertz CT molecular complexity index is 442. The summed E-state index contributed by atoms with van der Waals surface area (Å²) in [5.41, 5.74) is 3.56. The summed E-state index contributed by atoms with van der Waals surface area (Å²) in [6.07, 6.45) is 4.80. The second-order valence-corrected chi connectivity index (χ2v) is 6.08. The average molecular weight is 376 g/mol. The van der Waals surface area contributed by atoms with Crippen LogP contribution in [0.4, 0.5) is 5.69 Å². The van der Waals surface area contributed by atoms with Crippen molar-refractivity contribution in [3.8, 4) is 0 Å². The molecule has 4 nitrogen and oxygen atoms in total. The quantitative estimate of drug-likeness (QED) is 0.321. The van der Waals surface area contributed by atoms with Crippen LogP contribution in [0, 0.1) is 0 Å². The van der Waals surface area contributed by atoms with Crippen molar-refractivity contribution in [1.29, 1.82) is 0 Å². The van der Waals surface area contributed by atoms with Crippen LogP contribution in [-0.4, -0.2) is 12.0 Å². The smallest absolute Gasteiger partial charge is 0.210 e. The van der Waals surface area contributed by atoms with Gasteiger partial charge >= 0.3 is 0 Å². The number of nitrogens with zero attached hydrogens (tertiary/aromatic N) is 1. The maximum Gasteiger partial charge on any atom is 0.210 e. The highest BCUT2D eigenvalue weighted by molar-refractivity contribution is 9.11. The predicted molar refractivity (Wildman–Crippen MR) is 82.5 cm³/mol. The van der Waals surface area contributed by atoms with Gasteiger partial charge in [0.05, 0.1) is 11.7 Å². The topological polar surface area (TPSA) is 62.4 Å². The SMILES string of the molecule is NNC(=NC1CCCC1)Nc1cc(Br)ccc1Br. The third-order valence-electron chi connectivity index (χ3n) is 2.95. The number of nitrogens with two attached hydrogens (primary N) is 1. The zero-order valence-corrected chi connectivity index (χ0v) is 13.1. The molecular formula is C12H16Br2N4. The average Bonchev–Trinajstić information content (AvgIpc) is 2.85. The van der Waals surface area contributed by atoms with E-state index in [-0.39, 0.29) is 0 Å². The zero-order chi connectivity index (χ0) is 13.0. The number of benzene rings is 1. The van der Waals surface area contributed by atoms with Gasteiger partial charge in [-0.3, -0.25) is 5.43 Å². The van der Waals surface area contributed by atoms with E-state index in [4.69, 9.17) is 5.84 Å². The fraction of sp³-hybridized carbons (Fsp3) is 0.417. The maximum atomic E-state index is 5.52. The van der Waals surface area contributed by atoms with Crippen LogP contribution in [0.3, 0.4) is 0 Å². The van der Waals surface area contributed by atoms with E-state index in [0.29, 0.717) is 12.0 Å². The van der Waals surface area contributed by atoms with Crippen molar-refractivity contribution in [2.24, 2.45) is 10.8 Å². The van der Waals surface area contributed by atoms with Gasteiger partial charge in [0.2, 0.25) is 5.96 Å². The van der Waals surface area contributed by atoms with Crippen LogP contribution >= 0.6 is 31.9 Å². The molecule has 0 saturated heterocycles. The number of hydrogen-bond acceptors (Lipinski definition) is 2. The second-order valence-electron chi connectivity index (χ2n) is 4.31. The summed E-state index contributed by atoms with van der Waals surface area (Å²) in [6, 6.07) is 6.30. The summed E-state index contributed by atoms with van der Waals surface area (Å²) in [6.45, 7) is 0. The number of guanidine groups is 1. The minimum atomic E-state index is 0.384. The molecule has 98 valence electrons. The normalized spacial score (nSPS) is 16.9. The Morgan fingerprint density at radius 2 is 2.00 bits per heavy atom. The summed E-state index contributed by atoms with van der Waals surface area (Å²) in [4.78, 5) is 4.59. The molecule has 1 aliphatic rings. The van der Waals surface area contributed by atoms with E-state index in [2.05, 4.69) is 47.6 Å². The van der Waals surface area contributed by atoms with Gasteiger partial charge in [-0.1, -0.05) is 28.8 Å². The molecule has 1 aromatic carbocycles. The molecule has 18 heavy (non-hydrogen) atoms. The first-order valence-electron chi connectivity index (χ1n) is 5.95. The zero-order valence-electron chi connectivity index (χ0n) is 9.92. The van der Waals surface area contributed by atoms with Crippen LogP contribution in [0.15, 0.2) is 32.1 Å². The summed E-state index contributed by atoms with van der Waals surface area (Å²) in [5.74, 6) is 6.13. The van der Waals surface area contributed by atoms with Crippen LogP contribution < -0.4 is 16.6 Å². The highest BCUT2D eigenvalue weighted by Crippen LogP contribution is 2.26. The lowest BCUT2D eigenvalue weighted by Gasteiger charge is -2.13. The summed E-state index contributed by atoms with van der Waals surface area (Å²) >= 11 is 6.94. The molecule has 0 atom stereocenters. The molecule has 0 spiro atoms. The predicted octanol–water partition coefficient (Wildman–Crippen LogP) is 3.39. The molecule has 1 fully saturated rings. The monoisotopic (exact) mass is 374 g/mol. The van der Waals surface area contributed by atoms with Crippen LogP contribution in [0.25, 0.3) is 0 Å². The van der Waals surface area contributed by atoms with E-state index in [1.54, 1.807) is 0 Å². The number of nitrogens with one attached hydrogen (secondary N) is 2. The highest BCUT2D eigenvalue weighted by Gasteiger charge is 2.14. The van der Waals surface area contributed by atoms with Gasteiger partial charge in [-0.2, -0.15) is 0 Å². The molecule has 0 unspecified atom stereocenters. The van der Waals surface area contributed by atoms with Gasteiger partial charge in [0.25, 0.3) is 0 Å². The van der Waals surface area contributed by atoms with Gasteiger partial charge in [-0.25, -0.2) is 10.8 Å². The van der Waals surface area contributed by atoms with Gasteiger partial charge in [-0.05, 0) is 47.0 Å². The standard InChI is InChI=1S/C12H16Br2N4/c13-8-5-6-10(14)11(7-8)17-12(18-15)16-9-3-1-2-4-9/h5-7,9H,1-4,15H2,(H2,16,17,18). The number of hydrogen-bond donors (Lipinski definition) is 3. The van der Waals surface area contributed by atoms with Gasteiger partial charge in [0.15, 0.2) is 0 Å². The lowest BCUT2D eigenvalue weighted by Crippen LogP contribution is -2.37. The Labute approximate surface area is 124 Å². The Morgan fingerprint density at radius 1 is 1.28 bits per heavy atom. The number of hydrazine groups is 1. The molecule has 0 bridgehead atoms. The molecule has 0 radical (unpaired) electrons. The second kappa shape index (κ2) is 6.54. The first-order chi connectivity index (χ1) is 8.69. The van der Waals surface area contributed by atoms with Gasteiger partial charge in [-0.15, -0.1) is 0 Å². The first kappa shape index (κ1) is 13.8. The fourth-order valence-corrected chi connectivity index (χ4v) is 2.75. The van der Waals surface area contributed by atoms with Crippen LogP contribution in [0.1, 0.15) is 25.7 Å². The Morgan fingerprint density at radius 3 is 2.67 bits per heavy atom. The van der Waals surface area contributed by atoms with Crippen molar-refractivity contribution in [1.82, 2.24) is 5.43 Å². The minimum absolute atomic E-state index is 0.384. The van der Waals surface area contributed by atoms with Gasteiger partial charge in [0, 0.05) is 8.95 Å². The minimum Gasteiger partial charge on any atom is -0.324 e. The third-order valence-corrected chi connectivity index (χ3v) is 4.14. The van der Waals surface area contributed by atoms with E-state index in [0.717, 1.165) is 27.5 Å². The van der Waals surface area contributed by atoms with Gasteiger partial charge in [0.1, 0.15) is 0 Å². The fourth-order valence-electron chi connectivity index (χ4n) is 2.04. The van der Waals surface area contributed by atoms with Crippen molar-refractivity contribution in [2.45, 2.75) is 31.7 Å². The van der Waals surface area contributed by atoms with E-state index in [1.165, 1.54) is 12.8 Å². The lowest BCUT2D eigenvalue weighted by molar-refractivity contribution is 0.700. The molecule has 0 aliphatic heterocycles. The van der Waals surface area contributed by atoms with E-state index >= 15 is 0 Å². The van der Waals surface area contributed by atoms with Crippen molar-refractivity contribution < 1.29 is 0 Å². The third kappa shape index (κ3) is 3.70. The van der Waals surface area contributed by atoms with Crippen LogP contribution in [-0.2, 0) is 0 Å². The first-order valence-corrected chi connectivity index (χ1v) is 7.54. The Balaban J connectivity index is 2.11. The summed E-state index contributed by atoms with van der Waals surface area (Å²) < 4.78 is 1.98. The maximum absolute atomic E-state index is 5.52. The molecule has 0 aromatic heterocycles. The van der Waals surface area contributed by atoms with Gasteiger partial charge < -0.3 is 5.32 Å². The number of rotatable bonds is 2. The number of anilines is 1. The number of aliphatic imine (C=N–C) groups is 1. The molecule has 6 heteroatoms. The molecule has 0 heterocycles. The molecule has 1 saturated carbocycles. The summed E-state index contributed by atoms with van der Waals surface area (Å²) in [7, 11) is 0. The van der Waals surface area contributed by atoms with Crippen molar-refractivity contribution in [2.75, 3.05) is 5.32 Å².